The van der Waals surface area contributed by atoms with Crippen LogP contribution < -0.4 is 0 Å². The van der Waals surface area contributed by atoms with Gasteiger partial charge in [-0.1, -0.05) is 42.5 Å². The molecule has 0 saturated carbocycles. The smallest absolute Gasteiger partial charge is 0.270 e. The number of amides is 2. The van der Waals surface area contributed by atoms with E-state index in [0.717, 1.165) is 22.0 Å². The molecule has 1 aromatic heterocycles. The lowest BCUT2D eigenvalue weighted by atomic mass is 10.1. The minimum Gasteiger partial charge on any atom is -0.351 e. The Hall–Kier alpha value is -3.08. The number of para-hydroxylation sites is 1. The van der Waals surface area contributed by atoms with E-state index in [2.05, 4.69) is 4.98 Å². The molecule has 2 amide bonds. The average Bonchev–Trinajstić information content (AvgIpc) is 3.13. The summed E-state index contributed by atoms with van der Waals surface area (Å²) in [6, 6.07) is 17.7. The summed E-state index contributed by atoms with van der Waals surface area (Å²) in [5, 5.41) is 1.04. The molecule has 138 valence electrons. The quantitative estimate of drug-likeness (QED) is 0.780. The molecular weight excluding hydrogens is 338 g/mol. The fourth-order valence-electron chi connectivity index (χ4n) is 3.60. The maximum atomic E-state index is 12.8. The number of H-pyrrole nitrogens is 1. The van der Waals surface area contributed by atoms with Crippen molar-refractivity contribution in [1.29, 1.82) is 0 Å². The van der Waals surface area contributed by atoms with Gasteiger partial charge in [0.25, 0.3) is 5.91 Å². The summed E-state index contributed by atoms with van der Waals surface area (Å²) >= 11 is 0. The minimum absolute atomic E-state index is 0.00259. The maximum Gasteiger partial charge on any atom is 0.270 e. The van der Waals surface area contributed by atoms with Gasteiger partial charge in [-0.3, -0.25) is 9.59 Å². The van der Waals surface area contributed by atoms with Crippen LogP contribution in [-0.2, 0) is 11.2 Å². The van der Waals surface area contributed by atoms with E-state index in [-0.39, 0.29) is 11.8 Å². The Morgan fingerprint density at radius 2 is 1.59 bits per heavy atom. The van der Waals surface area contributed by atoms with Crippen molar-refractivity contribution < 1.29 is 9.59 Å². The molecule has 0 radical (unpaired) electrons. The Morgan fingerprint density at radius 1 is 0.926 bits per heavy atom. The number of aryl methyl sites for hydroxylation is 1. The summed E-state index contributed by atoms with van der Waals surface area (Å²) in [6.45, 7) is 4.31. The van der Waals surface area contributed by atoms with Gasteiger partial charge in [0.15, 0.2) is 0 Å². The third-order valence-corrected chi connectivity index (χ3v) is 5.28. The third-order valence-electron chi connectivity index (χ3n) is 5.28. The summed E-state index contributed by atoms with van der Waals surface area (Å²) in [4.78, 5) is 32.3. The van der Waals surface area contributed by atoms with Gasteiger partial charge >= 0.3 is 0 Å². The Balaban J connectivity index is 1.37. The number of hydrogen-bond acceptors (Lipinski definition) is 2. The minimum atomic E-state index is -0.00259. The van der Waals surface area contributed by atoms with Crippen molar-refractivity contribution in [3.05, 3.63) is 71.4 Å². The molecule has 0 unspecified atom stereocenters. The van der Waals surface area contributed by atoms with Crippen LogP contribution in [0.5, 0.6) is 0 Å². The van der Waals surface area contributed by atoms with Crippen LogP contribution in [0, 0.1) is 6.92 Å². The average molecular weight is 361 g/mol. The van der Waals surface area contributed by atoms with Crippen molar-refractivity contribution in [1.82, 2.24) is 14.8 Å². The molecule has 0 spiro atoms. The van der Waals surface area contributed by atoms with Gasteiger partial charge in [-0.2, -0.15) is 0 Å². The summed E-state index contributed by atoms with van der Waals surface area (Å²) in [6.07, 6.45) is 0.419. The number of benzene rings is 2. The predicted molar refractivity (Wildman–Crippen MR) is 106 cm³/mol. The summed E-state index contributed by atoms with van der Waals surface area (Å²) < 4.78 is 0. The first-order chi connectivity index (χ1) is 13.1. The van der Waals surface area contributed by atoms with Crippen LogP contribution in [0.25, 0.3) is 10.9 Å². The van der Waals surface area contributed by atoms with E-state index in [0.29, 0.717) is 38.3 Å². The largest absolute Gasteiger partial charge is 0.351 e. The number of hydrogen-bond donors (Lipinski definition) is 1. The second-order valence-electron chi connectivity index (χ2n) is 7.05. The van der Waals surface area contributed by atoms with Crippen molar-refractivity contribution in [2.24, 2.45) is 0 Å². The SMILES string of the molecule is Cc1ccccc1CC(=O)N1CCN(C(=O)c2cc3ccccc3[nH]2)CC1. The molecule has 1 aliphatic heterocycles. The number of rotatable bonds is 3. The molecular formula is C22H23N3O2. The van der Waals surface area contributed by atoms with Crippen molar-refractivity contribution in [2.75, 3.05) is 26.2 Å². The zero-order valence-corrected chi connectivity index (χ0v) is 15.4. The Morgan fingerprint density at radius 3 is 2.33 bits per heavy atom. The van der Waals surface area contributed by atoms with Gasteiger partial charge in [0.2, 0.25) is 5.91 Å². The molecule has 2 heterocycles. The Bertz CT molecular complexity index is 951. The molecule has 1 aliphatic rings. The second-order valence-corrected chi connectivity index (χ2v) is 7.05. The molecule has 5 nitrogen and oxygen atoms in total. The number of nitrogens with one attached hydrogen (secondary N) is 1. The van der Waals surface area contributed by atoms with Crippen LogP contribution in [0.2, 0.25) is 0 Å². The number of carbonyl (C=O) groups excluding carboxylic acids is 2. The molecule has 1 N–H and O–H groups in total. The first-order valence-corrected chi connectivity index (χ1v) is 9.31. The molecule has 5 heteroatoms. The first-order valence-electron chi connectivity index (χ1n) is 9.31. The molecule has 2 aromatic carbocycles. The van der Waals surface area contributed by atoms with E-state index in [9.17, 15) is 9.59 Å². The Kier molecular flexibility index (Phi) is 4.67. The lowest BCUT2D eigenvalue weighted by molar-refractivity contribution is -0.131. The highest BCUT2D eigenvalue weighted by Gasteiger charge is 2.25. The fourth-order valence-corrected chi connectivity index (χ4v) is 3.60. The summed E-state index contributed by atoms with van der Waals surface area (Å²) in [5.74, 6) is 0.124. The molecule has 1 fully saturated rings. The topological polar surface area (TPSA) is 56.4 Å². The van der Waals surface area contributed by atoms with Gasteiger partial charge in [-0.25, -0.2) is 0 Å². The van der Waals surface area contributed by atoms with E-state index < -0.39 is 0 Å². The molecule has 4 rings (SSSR count). The second kappa shape index (κ2) is 7.27. The third kappa shape index (κ3) is 3.58. The molecule has 27 heavy (non-hydrogen) atoms. The standard InChI is InChI=1S/C22H23N3O2/c1-16-6-2-3-7-17(16)15-21(26)24-10-12-25(13-11-24)22(27)20-14-18-8-4-5-9-19(18)23-20/h2-9,14,23H,10-13,15H2,1H3. The number of aromatic nitrogens is 1. The van der Waals surface area contributed by atoms with Gasteiger partial charge < -0.3 is 14.8 Å². The van der Waals surface area contributed by atoms with Crippen LogP contribution in [0.4, 0.5) is 0 Å². The van der Waals surface area contributed by atoms with Gasteiger partial charge in [0.05, 0.1) is 6.42 Å². The fraction of sp³-hybridized carbons (Fsp3) is 0.273. The van der Waals surface area contributed by atoms with Crippen LogP contribution >= 0.6 is 0 Å². The number of carbonyl (C=O) groups is 2. The van der Waals surface area contributed by atoms with E-state index in [4.69, 9.17) is 0 Å². The molecule has 0 aliphatic carbocycles. The molecule has 3 aromatic rings. The number of fused-ring (bicyclic) bond motifs is 1. The zero-order chi connectivity index (χ0) is 18.8. The normalized spacial score (nSPS) is 14.6. The summed E-state index contributed by atoms with van der Waals surface area (Å²) in [5.41, 5.74) is 3.78. The highest BCUT2D eigenvalue weighted by atomic mass is 16.2. The van der Waals surface area contributed by atoms with Crippen LogP contribution in [0.15, 0.2) is 54.6 Å². The molecule has 0 bridgehead atoms. The van der Waals surface area contributed by atoms with Crippen LogP contribution in [0.1, 0.15) is 21.6 Å². The lowest BCUT2D eigenvalue weighted by Crippen LogP contribution is -2.51. The van der Waals surface area contributed by atoms with Crippen LogP contribution in [0.3, 0.4) is 0 Å². The zero-order valence-electron chi connectivity index (χ0n) is 15.4. The highest BCUT2D eigenvalue weighted by molar-refractivity contribution is 5.98. The highest BCUT2D eigenvalue weighted by Crippen LogP contribution is 2.17. The van der Waals surface area contributed by atoms with Gasteiger partial charge in [0.1, 0.15) is 5.69 Å². The number of nitrogens with zero attached hydrogens (tertiary/aromatic N) is 2. The van der Waals surface area contributed by atoms with Crippen molar-refractivity contribution in [3.63, 3.8) is 0 Å². The maximum absolute atomic E-state index is 12.8. The lowest BCUT2D eigenvalue weighted by Gasteiger charge is -2.34. The number of piperazine rings is 1. The van der Waals surface area contributed by atoms with Crippen molar-refractivity contribution in [2.45, 2.75) is 13.3 Å². The molecule has 0 atom stereocenters. The molecule has 1 saturated heterocycles. The van der Waals surface area contributed by atoms with Crippen LogP contribution in [-0.4, -0.2) is 52.8 Å². The van der Waals surface area contributed by atoms with E-state index in [1.807, 2.05) is 71.3 Å². The van der Waals surface area contributed by atoms with E-state index in [1.165, 1.54) is 0 Å². The monoisotopic (exact) mass is 361 g/mol. The first kappa shape index (κ1) is 17.3. The van der Waals surface area contributed by atoms with Gasteiger partial charge in [-0.15, -0.1) is 0 Å². The number of aromatic amines is 1. The van der Waals surface area contributed by atoms with Gasteiger partial charge in [0, 0.05) is 37.1 Å². The Labute approximate surface area is 158 Å². The van der Waals surface area contributed by atoms with Crippen molar-refractivity contribution in [3.8, 4) is 0 Å². The van der Waals surface area contributed by atoms with Crippen molar-refractivity contribution >= 4 is 22.7 Å². The summed E-state index contributed by atoms with van der Waals surface area (Å²) in [7, 11) is 0. The van der Waals surface area contributed by atoms with Gasteiger partial charge in [-0.05, 0) is 30.2 Å². The predicted octanol–water partition coefficient (Wildman–Crippen LogP) is 3.00. The van der Waals surface area contributed by atoms with E-state index in [1.54, 1.807) is 0 Å². The van der Waals surface area contributed by atoms with E-state index >= 15 is 0 Å².